The van der Waals surface area contributed by atoms with Gasteiger partial charge in [0, 0.05) is 19.6 Å². The van der Waals surface area contributed by atoms with Gasteiger partial charge in [0.2, 0.25) is 0 Å². The number of hydrogen-bond donors (Lipinski definition) is 2. The van der Waals surface area contributed by atoms with Crippen LogP contribution in [0.2, 0.25) is 0 Å². The third kappa shape index (κ3) is 10.6. The van der Waals surface area contributed by atoms with Gasteiger partial charge in [-0.05, 0) is 58.2 Å². The molecular weight excluding hydrogens is 387 g/mol. The summed E-state index contributed by atoms with van der Waals surface area (Å²) in [6, 6.07) is 0.482. The van der Waals surface area contributed by atoms with Crippen molar-refractivity contribution < 1.29 is 0 Å². The summed E-state index contributed by atoms with van der Waals surface area (Å²) in [7, 11) is 1.86. The van der Waals surface area contributed by atoms with Crippen LogP contribution in [-0.4, -0.2) is 50.1 Å². The second-order valence-corrected chi connectivity index (χ2v) is 6.30. The van der Waals surface area contributed by atoms with Gasteiger partial charge in [0.05, 0.1) is 0 Å². The van der Waals surface area contributed by atoms with Gasteiger partial charge in [0.25, 0.3) is 0 Å². The molecule has 4 nitrogen and oxygen atoms in total. The van der Waals surface area contributed by atoms with E-state index in [1.165, 1.54) is 45.1 Å². The Morgan fingerprint density at radius 3 is 2.45 bits per heavy atom. The van der Waals surface area contributed by atoms with Crippen LogP contribution in [0.3, 0.4) is 0 Å². The average Bonchev–Trinajstić information content (AvgIpc) is 3.31. The van der Waals surface area contributed by atoms with Gasteiger partial charge in [-0.25, -0.2) is 0 Å². The molecule has 132 valence electrons. The van der Waals surface area contributed by atoms with Crippen molar-refractivity contribution in [2.75, 3.05) is 33.2 Å². The van der Waals surface area contributed by atoms with Crippen molar-refractivity contribution in [2.24, 2.45) is 10.9 Å². The maximum Gasteiger partial charge on any atom is 0.191 e. The minimum absolute atomic E-state index is 0. The monoisotopic (exact) mass is 424 g/mol. The van der Waals surface area contributed by atoms with Crippen LogP contribution in [0.15, 0.2) is 4.99 Å². The summed E-state index contributed by atoms with van der Waals surface area (Å²) in [6.45, 7) is 11.3. The highest BCUT2D eigenvalue weighted by atomic mass is 127. The largest absolute Gasteiger partial charge is 0.356 e. The van der Waals surface area contributed by atoms with Crippen LogP contribution >= 0.6 is 24.0 Å². The highest BCUT2D eigenvalue weighted by Crippen LogP contribution is 2.33. The third-order valence-electron chi connectivity index (χ3n) is 4.39. The molecule has 1 fully saturated rings. The van der Waals surface area contributed by atoms with E-state index in [4.69, 9.17) is 0 Å². The standard InChI is InChI=1S/C17H36N4.HI/c1-5-21(6-2)14-8-9-15(3)20-17(18-4)19-13-7-10-16-11-12-16;/h15-16H,5-14H2,1-4H3,(H2,18,19,20);1H. The number of rotatable bonds is 11. The molecule has 0 aliphatic heterocycles. The first kappa shape index (κ1) is 22.0. The Morgan fingerprint density at radius 1 is 1.23 bits per heavy atom. The van der Waals surface area contributed by atoms with E-state index in [1.54, 1.807) is 0 Å². The summed E-state index contributed by atoms with van der Waals surface area (Å²) in [4.78, 5) is 6.80. The quantitative estimate of drug-likeness (QED) is 0.231. The van der Waals surface area contributed by atoms with Crippen LogP contribution in [0.1, 0.15) is 59.3 Å². The fraction of sp³-hybridized carbons (Fsp3) is 0.941. The zero-order valence-corrected chi connectivity index (χ0v) is 17.4. The molecule has 1 aliphatic carbocycles. The highest BCUT2D eigenvalue weighted by molar-refractivity contribution is 14.0. The van der Waals surface area contributed by atoms with Crippen molar-refractivity contribution >= 4 is 29.9 Å². The Balaban J connectivity index is 0.00000441. The van der Waals surface area contributed by atoms with Crippen molar-refractivity contribution in [3.8, 4) is 0 Å². The molecule has 0 bridgehead atoms. The first-order valence-corrected chi connectivity index (χ1v) is 8.89. The first-order chi connectivity index (χ1) is 10.2. The maximum atomic E-state index is 4.32. The molecule has 1 saturated carbocycles. The van der Waals surface area contributed by atoms with Crippen molar-refractivity contribution in [2.45, 2.75) is 65.3 Å². The van der Waals surface area contributed by atoms with Crippen LogP contribution in [0.25, 0.3) is 0 Å². The molecule has 0 aromatic rings. The fourth-order valence-corrected chi connectivity index (χ4v) is 2.67. The summed E-state index contributed by atoms with van der Waals surface area (Å²) < 4.78 is 0. The van der Waals surface area contributed by atoms with Gasteiger partial charge in [-0.15, -0.1) is 24.0 Å². The molecule has 0 amide bonds. The smallest absolute Gasteiger partial charge is 0.191 e. The van der Waals surface area contributed by atoms with Crippen LogP contribution in [-0.2, 0) is 0 Å². The molecular formula is C17H37IN4. The van der Waals surface area contributed by atoms with Crippen molar-refractivity contribution in [1.29, 1.82) is 0 Å². The minimum atomic E-state index is 0. The first-order valence-electron chi connectivity index (χ1n) is 8.89. The average molecular weight is 424 g/mol. The Kier molecular flexibility index (Phi) is 13.4. The summed E-state index contributed by atoms with van der Waals surface area (Å²) in [5.74, 6) is 1.99. The van der Waals surface area contributed by atoms with Crippen molar-refractivity contribution in [3.63, 3.8) is 0 Å². The second-order valence-electron chi connectivity index (χ2n) is 6.30. The zero-order chi connectivity index (χ0) is 15.5. The number of halogens is 1. The van der Waals surface area contributed by atoms with Crippen molar-refractivity contribution in [1.82, 2.24) is 15.5 Å². The van der Waals surface area contributed by atoms with Crippen molar-refractivity contribution in [3.05, 3.63) is 0 Å². The maximum absolute atomic E-state index is 4.32. The Labute approximate surface area is 154 Å². The molecule has 2 N–H and O–H groups in total. The molecule has 1 rings (SSSR count). The SMILES string of the molecule is CCN(CC)CCCC(C)NC(=NC)NCCCC1CC1.I. The molecule has 5 heteroatoms. The molecule has 0 radical (unpaired) electrons. The van der Waals surface area contributed by atoms with Gasteiger partial charge in [0.15, 0.2) is 5.96 Å². The number of aliphatic imine (C=N–C) groups is 1. The van der Waals surface area contributed by atoms with E-state index in [2.05, 4.69) is 41.3 Å². The Morgan fingerprint density at radius 2 is 1.91 bits per heavy atom. The van der Waals surface area contributed by atoms with Gasteiger partial charge in [-0.1, -0.05) is 26.7 Å². The lowest BCUT2D eigenvalue weighted by Gasteiger charge is -2.21. The molecule has 0 saturated heterocycles. The van der Waals surface area contributed by atoms with Gasteiger partial charge < -0.3 is 15.5 Å². The lowest BCUT2D eigenvalue weighted by molar-refractivity contribution is 0.292. The minimum Gasteiger partial charge on any atom is -0.356 e. The van der Waals surface area contributed by atoms with Crippen LogP contribution in [0.5, 0.6) is 0 Å². The molecule has 1 unspecified atom stereocenters. The second kappa shape index (κ2) is 13.4. The highest BCUT2D eigenvalue weighted by Gasteiger charge is 2.20. The Bertz CT molecular complexity index is 288. The lowest BCUT2D eigenvalue weighted by Crippen LogP contribution is -2.42. The van der Waals surface area contributed by atoms with E-state index in [0.717, 1.165) is 31.5 Å². The fourth-order valence-electron chi connectivity index (χ4n) is 2.67. The van der Waals surface area contributed by atoms with E-state index >= 15 is 0 Å². The predicted octanol–water partition coefficient (Wildman–Crippen LogP) is 3.47. The molecule has 1 aliphatic rings. The molecule has 22 heavy (non-hydrogen) atoms. The number of hydrogen-bond acceptors (Lipinski definition) is 2. The van der Waals surface area contributed by atoms with E-state index < -0.39 is 0 Å². The summed E-state index contributed by atoms with van der Waals surface area (Å²) in [5.41, 5.74) is 0. The molecule has 1 atom stereocenters. The van der Waals surface area contributed by atoms with E-state index in [0.29, 0.717) is 6.04 Å². The summed E-state index contributed by atoms with van der Waals surface area (Å²) >= 11 is 0. The third-order valence-corrected chi connectivity index (χ3v) is 4.39. The van der Waals surface area contributed by atoms with E-state index in [1.807, 2.05) is 7.05 Å². The zero-order valence-electron chi connectivity index (χ0n) is 15.0. The molecule has 0 spiro atoms. The molecule has 0 aromatic heterocycles. The van der Waals surface area contributed by atoms with E-state index in [-0.39, 0.29) is 24.0 Å². The van der Waals surface area contributed by atoms with Gasteiger partial charge >= 0.3 is 0 Å². The Hall–Kier alpha value is -0.0400. The summed E-state index contributed by atoms with van der Waals surface area (Å²) in [5, 5.41) is 6.93. The van der Waals surface area contributed by atoms with Gasteiger partial charge in [-0.2, -0.15) is 0 Å². The number of guanidine groups is 1. The van der Waals surface area contributed by atoms with Crippen LogP contribution < -0.4 is 10.6 Å². The normalized spacial score (nSPS) is 16.3. The topological polar surface area (TPSA) is 39.7 Å². The lowest BCUT2D eigenvalue weighted by atomic mass is 10.2. The van der Waals surface area contributed by atoms with Crippen LogP contribution in [0.4, 0.5) is 0 Å². The van der Waals surface area contributed by atoms with Crippen LogP contribution in [0, 0.1) is 5.92 Å². The number of nitrogens with zero attached hydrogens (tertiary/aromatic N) is 2. The van der Waals surface area contributed by atoms with Gasteiger partial charge in [0.1, 0.15) is 0 Å². The summed E-state index contributed by atoms with van der Waals surface area (Å²) in [6.07, 6.45) is 7.99. The number of nitrogens with one attached hydrogen (secondary N) is 2. The van der Waals surface area contributed by atoms with Gasteiger partial charge in [-0.3, -0.25) is 4.99 Å². The molecule has 0 aromatic carbocycles. The predicted molar refractivity (Wildman–Crippen MR) is 108 cm³/mol. The van der Waals surface area contributed by atoms with E-state index in [9.17, 15) is 0 Å². The molecule has 0 heterocycles.